The number of amides is 2. The Balaban J connectivity index is 2.38. The predicted octanol–water partition coefficient (Wildman–Crippen LogP) is 3.97. The lowest BCUT2D eigenvalue weighted by Crippen LogP contribution is -2.22. The van der Waals surface area contributed by atoms with Crippen molar-refractivity contribution in [3.8, 4) is 0 Å². The van der Waals surface area contributed by atoms with Crippen molar-refractivity contribution in [2.45, 2.75) is 52.4 Å². The van der Waals surface area contributed by atoms with Gasteiger partial charge in [-0.2, -0.15) is 0 Å². The molecule has 0 unspecified atom stereocenters. The summed E-state index contributed by atoms with van der Waals surface area (Å²) < 4.78 is 0. The van der Waals surface area contributed by atoms with Crippen LogP contribution in [0.5, 0.6) is 0 Å². The SMILES string of the molecule is CCCCCCCC(=O)Nc1ccc(N(C)C(C)=O)cc1. The second kappa shape index (κ2) is 9.16. The molecule has 0 bridgehead atoms. The number of nitrogens with zero attached hydrogens (tertiary/aromatic N) is 1. The van der Waals surface area contributed by atoms with Crippen molar-refractivity contribution in [2.75, 3.05) is 17.3 Å². The van der Waals surface area contributed by atoms with Gasteiger partial charge in [-0.05, 0) is 30.7 Å². The first-order chi connectivity index (χ1) is 10.0. The van der Waals surface area contributed by atoms with Gasteiger partial charge in [-0.1, -0.05) is 32.6 Å². The minimum absolute atomic E-state index is 0.0149. The van der Waals surface area contributed by atoms with Gasteiger partial charge in [0.1, 0.15) is 0 Å². The van der Waals surface area contributed by atoms with Gasteiger partial charge in [0.2, 0.25) is 11.8 Å². The quantitative estimate of drug-likeness (QED) is 0.736. The van der Waals surface area contributed by atoms with E-state index in [2.05, 4.69) is 12.2 Å². The Hall–Kier alpha value is -1.84. The molecule has 4 heteroatoms. The molecule has 116 valence electrons. The smallest absolute Gasteiger partial charge is 0.224 e. The summed E-state index contributed by atoms with van der Waals surface area (Å²) in [4.78, 5) is 24.6. The molecule has 0 saturated heterocycles. The molecule has 0 aliphatic carbocycles. The van der Waals surface area contributed by atoms with Crippen LogP contribution in [-0.2, 0) is 9.59 Å². The van der Waals surface area contributed by atoms with Crippen LogP contribution in [0.1, 0.15) is 52.4 Å². The zero-order valence-electron chi connectivity index (χ0n) is 13.3. The molecule has 1 rings (SSSR count). The fourth-order valence-corrected chi connectivity index (χ4v) is 2.06. The van der Waals surface area contributed by atoms with E-state index in [9.17, 15) is 9.59 Å². The van der Waals surface area contributed by atoms with Crippen molar-refractivity contribution in [1.82, 2.24) is 0 Å². The van der Waals surface area contributed by atoms with Gasteiger partial charge in [0, 0.05) is 31.8 Å². The maximum atomic E-state index is 11.8. The summed E-state index contributed by atoms with van der Waals surface area (Å²) in [7, 11) is 1.73. The Bertz CT molecular complexity index is 454. The molecule has 1 aromatic rings. The van der Waals surface area contributed by atoms with Crippen molar-refractivity contribution in [3.05, 3.63) is 24.3 Å². The van der Waals surface area contributed by atoms with Gasteiger partial charge >= 0.3 is 0 Å². The average Bonchev–Trinajstić information content (AvgIpc) is 2.47. The molecule has 0 aliphatic rings. The third kappa shape index (κ3) is 6.43. The van der Waals surface area contributed by atoms with Gasteiger partial charge in [0.15, 0.2) is 0 Å². The van der Waals surface area contributed by atoms with Crippen LogP contribution in [-0.4, -0.2) is 18.9 Å². The van der Waals surface area contributed by atoms with E-state index >= 15 is 0 Å². The Morgan fingerprint density at radius 3 is 2.24 bits per heavy atom. The molecule has 0 fully saturated rings. The molecular formula is C17H26N2O2. The zero-order valence-corrected chi connectivity index (χ0v) is 13.3. The van der Waals surface area contributed by atoms with Crippen LogP contribution in [0, 0.1) is 0 Å². The largest absolute Gasteiger partial charge is 0.326 e. The van der Waals surface area contributed by atoms with Crippen molar-refractivity contribution in [2.24, 2.45) is 0 Å². The van der Waals surface area contributed by atoms with E-state index < -0.39 is 0 Å². The first kappa shape index (κ1) is 17.2. The average molecular weight is 290 g/mol. The van der Waals surface area contributed by atoms with Gasteiger partial charge in [-0.15, -0.1) is 0 Å². The van der Waals surface area contributed by atoms with Gasteiger partial charge in [-0.25, -0.2) is 0 Å². The standard InChI is InChI=1S/C17H26N2O2/c1-4-5-6-7-8-9-17(21)18-15-10-12-16(13-11-15)19(3)14(2)20/h10-13H,4-9H2,1-3H3,(H,18,21). The highest BCUT2D eigenvalue weighted by Crippen LogP contribution is 2.17. The highest BCUT2D eigenvalue weighted by molar-refractivity contribution is 5.93. The number of carbonyl (C=O) groups excluding carboxylic acids is 2. The van der Waals surface area contributed by atoms with E-state index in [1.54, 1.807) is 11.9 Å². The van der Waals surface area contributed by atoms with Crippen molar-refractivity contribution in [3.63, 3.8) is 0 Å². The monoisotopic (exact) mass is 290 g/mol. The summed E-state index contributed by atoms with van der Waals surface area (Å²) >= 11 is 0. The highest BCUT2D eigenvalue weighted by Gasteiger charge is 2.06. The Morgan fingerprint density at radius 1 is 1.05 bits per heavy atom. The molecule has 1 aromatic carbocycles. The molecule has 0 aliphatic heterocycles. The molecule has 0 spiro atoms. The number of hydrogen-bond donors (Lipinski definition) is 1. The van der Waals surface area contributed by atoms with Gasteiger partial charge in [-0.3, -0.25) is 9.59 Å². The molecule has 2 amide bonds. The van der Waals surface area contributed by atoms with Gasteiger partial charge < -0.3 is 10.2 Å². The summed E-state index contributed by atoms with van der Waals surface area (Å²) in [6.07, 6.45) is 6.29. The second-order valence-corrected chi connectivity index (χ2v) is 5.34. The van der Waals surface area contributed by atoms with Crippen LogP contribution < -0.4 is 10.2 Å². The van der Waals surface area contributed by atoms with E-state index in [1.165, 1.54) is 26.2 Å². The topological polar surface area (TPSA) is 49.4 Å². The van der Waals surface area contributed by atoms with Gasteiger partial charge in [0.05, 0.1) is 0 Å². The number of benzene rings is 1. The minimum atomic E-state index is -0.0149. The normalized spacial score (nSPS) is 10.2. The zero-order chi connectivity index (χ0) is 15.7. The van der Waals surface area contributed by atoms with Crippen LogP contribution in [0.2, 0.25) is 0 Å². The lowest BCUT2D eigenvalue weighted by molar-refractivity contribution is -0.117. The van der Waals surface area contributed by atoms with Crippen molar-refractivity contribution < 1.29 is 9.59 Å². The first-order valence-electron chi connectivity index (χ1n) is 7.68. The first-order valence-corrected chi connectivity index (χ1v) is 7.68. The molecule has 0 radical (unpaired) electrons. The molecule has 0 atom stereocenters. The Labute approximate surface area is 127 Å². The molecule has 21 heavy (non-hydrogen) atoms. The number of hydrogen-bond acceptors (Lipinski definition) is 2. The van der Waals surface area contributed by atoms with Gasteiger partial charge in [0.25, 0.3) is 0 Å². The van der Waals surface area contributed by atoms with E-state index in [0.717, 1.165) is 24.2 Å². The Morgan fingerprint density at radius 2 is 1.67 bits per heavy atom. The van der Waals surface area contributed by atoms with Crippen molar-refractivity contribution >= 4 is 23.2 Å². The Kier molecular flexibility index (Phi) is 7.51. The second-order valence-electron chi connectivity index (χ2n) is 5.34. The number of anilines is 2. The summed E-state index contributed by atoms with van der Waals surface area (Å²) in [5, 5.41) is 2.89. The maximum Gasteiger partial charge on any atom is 0.224 e. The van der Waals surface area contributed by atoms with Crippen LogP contribution in [0.4, 0.5) is 11.4 Å². The summed E-state index contributed by atoms with van der Waals surface area (Å²) in [6.45, 7) is 3.70. The molecule has 0 heterocycles. The molecule has 0 saturated carbocycles. The highest BCUT2D eigenvalue weighted by atomic mass is 16.2. The van der Waals surface area contributed by atoms with Crippen LogP contribution in [0.25, 0.3) is 0 Å². The van der Waals surface area contributed by atoms with Crippen LogP contribution >= 0.6 is 0 Å². The number of carbonyl (C=O) groups is 2. The fourth-order valence-electron chi connectivity index (χ4n) is 2.06. The third-order valence-corrected chi connectivity index (χ3v) is 3.52. The lowest BCUT2D eigenvalue weighted by atomic mass is 10.1. The number of unbranched alkanes of at least 4 members (excludes halogenated alkanes) is 4. The van der Waals surface area contributed by atoms with E-state index in [-0.39, 0.29) is 11.8 Å². The number of rotatable bonds is 8. The van der Waals surface area contributed by atoms with E-state index in [0.29, 0.717) is 6.42 Å². The fraction of sp³-hybridized carbons (Fsp3) is 0.529. The summed E-state index contributed by atoms with van der Waals surface area (Å²) in [5.74, 6) is 0.0398. The van der Waals surface area contributed by atoms with Crippen LogP contribution in [0.15, 0.2) is 24.3 Å². The van der Waals surface area contributed by atoms with Crippen LogP contribution in [0.3, 0.4) is 0 Å². The minimum Gasteiger partial charge on any atom is -0.326 e. The molecule has 4 nitrogen and oxygen atoms in total. The summed E-state index contributed by atoms with van der Waals surface area (Å²) in [6, 6.07) is 7.31. The van der Waals surface area contributed by atoms with Crippen molar-refractivity contribution in [1.29, 1.82) is 0 Å². The third-order valence-electron chi connectivity index (χ3n) is 3.52. The number of nitrogens with one attached hydrogen (secondary N) is 1. The van der Waals surface area contributed by atoms with E-state index in [4.69, 9.17) is 0 Å². The molecule has 0 aromatic heterocycles. The molecular weight excluding hydrogens is 264 g/mol. The summed E-state index contributed by atoms with van der Waals surface area (Å²) in [5.41, 5.74) is 1.59. The lowest BCUT2D eigenvalue weighted by Gasteiger charge is -2.15. The van der Waals surface area contributed by atoms with E-state index in [1.807, 2.05) is 24.3 Å². The maximum absolute atomic E-state index is 11.8. The molecule has 1 N–H and O–H groups in total. The predicted molar refractivity (Wildman–Crippen MR) is 87.5 cm³/mol.